The normalized spacial score (nSPS) is 12.2. The van der Waals surface area contributed by atoms with E-state index >= 15 is 0 Å². The number of hydrogen-bond donors (Lipinski definition) is 4. The SMILES string of the molecule is COc1ccc(Cn2ccc(C)c(NC(=O)[C@H](Cc3ccc(C(CO)C(=O)O)cc3)NC(=O)Cc3cccc4ccccc34)c2=O)cc1. The largest absolute Gasteiger partial charge is 0.497 e. The second kappa shape index (κ2) is 15.2. The molecule has 0 saturated heterocycles. The van der Waals surface area contributed by atoms with Gasteiger partial charge in [-0.25, -0.2) is 0 Å². The van der Waals surface area contributed by atoms with E-state index in [0.717, 1.165) is 21.9 Å². The number of pyridine rings is 1. The van der Waals surface area contributed by atoms with Crippen LogP contribution >= 0.6 is 0 Å². The van der Waals surface area contributed by atoms with Crippen molar-refractivity contribution >= 4 is 34.2 Å². The molecular formula is C38H37N3O7. The lowest BCUT2D eigenvalue weighted by atomic mass is 9.96. The first-order valence-electron chi connectivity index (χ1n) is 15.5. The van der Waals surface area contributed by atoms with Gasteiger partial charge in [0.05, 0.1) is 26.7 Å². The topological polar surface area (TPSA) is 147 Å². The zero-order valence-electron chi connectivity index (χ0n) is 26.7. The van der Waals surface area contributed by atoms with E-state index in [-0.39, 0.29) is 31.0 Å². The Hall–Kier alpha value is -5.74. The summed E-state index contributed by atoms with van der Waals surface area (Å²) in [7, 11) is 1.58. The van der Waals surface area contributed by atoms with E-state index in [4.69, 9.17) is 4.74 Å². The summed E-state index contributed by atoms with van der Waals surface area (Å²) in [6.45, 7) is 1.44. The molecule has 4 N–H and O–H groups in total. The number of aliphatic hydroxyl groups excluding tert-OH is 1. The smallest absolute Gasteiger partial charge is 0.313 e. The van der Waals surface area contributed by atoms with E-state index in [1.807, 2.05) is 54.6 Å². The zero-order valence-corrected chi connectivity index (χ0v) is 26.7. The molecule has 0 bridgehead atoms. The molecule has 48 heavy (non-hydrogen) atoms. The summed E-state index contributed by atoms with van der Waals surface area (Å²) in [5, 5.41) is 26.5. The molecule has 2 amide bonds. The Balaban J connectivity index is 1.40. The molecule has 0 radical (unpaired) electrons. The minimum Gasteiger partial charge on any atom is -0.497 e. The summed E-state index contributed by atoms with van der Waals surface area (Å²) in [4.78, 5) is 52.4. The number of amides is 2. The number of benzene rings is 4. The highest BCUT2D eigenvalue weighted by Crippen LogP contribution is 2.21. The standard InChI is InChI=1S/C38H37N3O7/c1-24-18-19-41(22-26-12-16-30(48-2)17-13-26)37(45)35(24)40-36(44)33(20-25-10-14-28(15-11-25)32(23-42)38(46)47)39-34(43)21-29-8-5-7-27-6-3-4-9-31(27)29/h3-19,32-33,42H,20-23H2,1-2H3,(H,39,43)(H,40,44)(H,46,47)/t32?,33-/m0/s1. The summed E-state index contributed by atoms with van der Waals surface area (Å²) >= 11 is 0. The third kappa shape index (κ3) is 7.97. The van der Waals surface area contributed by atoms with Crippen LogP contribution < -0.4 is 20.9 Å². The molecule has 5 aromatic rings. The molecule has 0 aliphatic rings. The molecule has 0 fully saturated rings. The van der Waals surface area contributed by atoms with Crippen LogP contribution in [0.25, 0.3) is 10.8 Å². The average Bonchev–Trinajstić information content (AvgIpc) is 3.09. The summed E-state index contributed by atoms with van der Waals surface area (Å²) in [5.74, 6) is -2.50. The van der Waals surface area contributed by atoms with Crippen LogP contribution in [0.1, 0.15) is 33.7 Å². The first kappa shape index (κ1) is 33.6. The Morgan fingerprint density at radius 3 is 2.25 bits per heavy atom. The lowest BCUT2D eigenvalue weighted by Gasteiger charge is -2.20. The van der Waals surface area contributed by atoms with Crippen LogP contribution in [0.5, 0.6) is 5.75 Å². The zero-order chi connectivity index (χ0) is 34.2. The van der Waals surface area contributed by atoms with Crippen LogP contribution in [0.4, 0.5) is 5.69 Å². The molecule has 1 heterocycles. The Kier molecular flexibility index (Phi) is 10.7. The number of ether oxygens (including phenoxy) is 1. The number of aliphatic hydroxyl groups is 1. The minimum absolute atomic E-state index is 0.0277. The lowest BCUT2D eigenvalue weighted by molar-refractivity contribution is -0.139. The van der Waals surface area contributed by atoms with Gasteiger partial charge >= 0.3 is 5.97 Å². The van der Waals surface area contributed by atoms with Gasteiger partial charge in [0.2, 0.25) is 11.8 Å². The first-order chi connectivity index (χ1) is 23.2. The van der Waals surface area contributed by atoms with Crippen LogP contribution in [0.3, 0.4) is 0 Å². The summed E-state index contributed by atoms with van der Waals surface area (Å²) in [5.41, 5.74) is 3.00. The number of methoxy groups -OCH3 is 1. The molecule has 5 rings (SSSR count). The van der Waals surface area contributed by atoms with Crippen LogP contribution in [0, 0.1) is 6.92 Å². The summed E-state index contributed by atoms with van der Waals surface area (Å²) < 4.78 is 6.71. The third-order valence-corrected chi connectivity index (χ3v) is 8.32. The highest BCUT2D eigenvalue weighted by atomic mass is 16.5. The fourth-order valence-electron chi connectivity index (χ4n) is 5.60. The highest BCUT2D eigenvalue weighted by Gasteiger charge is 2.25. The van der Waals surface area contributed by atoms with Crippen LogP contribution in [0.2, 0.25) is 0 Å². The molecule has 1 unspecified atom stereocenters. The van der Waals surface area contributed by atoms with E-state index in [1.165, 1.54) is 4.57 Å². The second-order valence-electron chi connectivity index (χ2n) is 11.6. The molecule has 0 spiro atoms. The Labute approximate surface area is 277 Å². The first-order valence-corrected chi connectivity index (χ1v) is 15.5. The predicted octanol–water partition coefficient (Wildman–Crippen LogP) is 4.44. The Bertz CT molecular complexity index is 1980. The molecule has 0 aliphatic heterocycles. The molecule has 10 nitrogen and oxygen atoms in total. The van der Waals surface area contributed by atoms with Crippen molar-refractivity contribution in [1.82, 2.24) is 9.88 Å². The molecule has 0 aliphatic carbocycles. The van der Waals surface area contributed by atoms with Crippen molar-refractivity contribution < 1.29 is 29.3 Å². The predicted molar refractivity (Wildman–Crippen MR) is 183 cm³/mol. The molecule has 4 aromatic carbocycles. The van der Waals surface area contributed by atoms with Gasteiger partial charge in [0.1, 0.15) is 23.4 Å². The maximum atomic E-state index is 13.9. The van der Waals surface area contributed by atoms with Crippen molar-refractivity contribution in [2.75, 3.05) is 19.0 Å². The van der Waals surface area contributed by atoms with Crippen molar-refractivity contribution in [2.45, 2.75) is 38.3 Å². The quantitative estimate of drug-likeness (QED) is 0.148. The van der Waals surface area contributed by atoms with Gasteiger partial charge in [-0.3, -0.25) is 19.2 Å². The number of aliphatic carboxylic acids is 1. The highest BCUT2D eigenvalue weighted by molar-refractivity contribution is 5.98. The van der Waals surface area contributed by atoms with E-state index in [9.17, 15) is 29.4 Å². The molecule has 2 atom stereocenters. The monoisotopic (exact) mass is 647 g/mol. The van der Waals surface area contributed by atoms with E-state index < -0.39 is 36.0 Å². The second-order valence-corrected chi connectivity index (χ2v) is 11.6. The number of aromatic nitrogens is 1. The van der Waals surface area contributed by atoms with Crippen LogP contribution in [-0.2, 0) is 33.8 Å². The number of nitrogens with zero attached hydrogens (tertiary/aromatic N) is 1. The Morgan fingerprint density at radius 1 is 0.875 bits per heavy atom. The van der Waals surface area contributed by atoms with Crippen molar-refractivity contribution in [3.8, 4) is 5.75 Å². The average molecular weight is 648 g/mol. The van der Waals surface area contributed by atoms with Gasteiger partial charge in [-0.05, 0) is 63.7 Å². The maximum Gasteiger partial charge on any atom is 0.313 e. The minimum atomic E-state index is -1.15. The van der Waals surface area contributed by atoms with Gasteiger partial charge < -0.3 is 30.2 Å². The number of rotatable bonds is 13. The molecular weight excluding hydrogens is 610 g/mol. The molecule has 246 valence electrons. The third-order valence-electron chi connectivity index (χ3n) is 8.32. The Morgan fingerprint density at radius 2 is 1.56 bits per heavy atom. The number of fused-ring (bicyclic) bond motifs is 1. The maximum absolute atomic E-state index is 13.9. The van der Waals surface area contributed by atoms with Gasteiger partial charge in [0.25, 0.3) is 5.56 Å². The number of carbonyl (C=O) groups is 3. The molecule has 0 saturated carbocycles. The van der Waals surface area contributed by atoms with Gasteiger partial charge in [0.15, 0.2) is 0 Å². The number of aryl methyl sites for hydroxylation is 1. The van der Waals surface area contributed by atoms with E-state index in [0.29, 0.717) is 22.4 Å². The van der Waals surface area contributed by atoms with Gasteiger partial charge in [0, 0.05) is 12.6 Å². The van der Waals surface area contributed by atoms with E-state index in [1.54, 1.807) is 62.7 Å². The van der Waals surface area contributed by atoms with E-state index in [2.05, 4.69) is 10.6 Å². The fourth-order valence-corrected chi connectivity index (χ4v) is 5.60. The number of carboxylic acids is 1. The molecule has 10 heteroatoms. The number of nitrogens with one attached hydrogen (secondary N) is 2. The van der Waals surface area contributed by atoms with Crippen molar-refractivity contribution in [1.29, 1.82) is 0 Å². The van der Waals surface area contributed by atoms with Crippen molar-refractivity contribution in [2.24, 2.45) is 0 Å². The van der Waals surface area contributed by atoms with Crippen LogP contribution in [0.15, 0.2) is 108 Å². The molecule has 1 aromatic heterocycles. The number of carboxylic acid groups (broad SMARTS) is 1. The number of anilines is 1. The van der Waals surface area contributed by atoms with Crippen molar-refractivity contribution in [3.05, 3.63) is 141 Å². The van der Waals surface area contributed by atoms with Crippen molar-refractivity contribution in [3.63, 3.8) is 0 Å². The van der Waals surface area contributed by atoms with Gasteiger partial charge in [-0.15, -0.1) is 0 Å². The fraction of sp³-hybridized carbons (Fsp3) is 0.211. The summed E-state index contributed by atoms with van der Waals surface area (Å²) in [6, 6.07) is 27.9. The summed E-state index contributed by atoms with van der Waals surface area (Å²) in [6.07, 6.45) is 1.76. The number of carbonyl (C=O) groups excluding carboxylic acids is 2. The lowest BCUT2D eigenvalue weighted by Crippen LogP contribution is -2.46. The van der Waals surface area contributed by atoms with Gasteiger partial charge in [-0.1, -0.05) is 78.9 Å². The number of hydrogen-bond acceptors (Lipinski definition) is 6. The van der Waals surface area contributed by atoms with Crippen LogP contribution in [-0.4, -0.2) is 52.3 Å². The van der Waals surface area contributed by atoms with Gasteiger partial charge in [-0.2, -0.15) is 0 Å².